The lowest BCUT2D eigenvalue weighted by Gasteiger charge is -2.10. The Bertz CT molecular complexity index is 544. The lowest BCUT2D eigenvalue weighted by Crippen LogP contribution is -1.96. The van der Waals surface area contributed by atoms with E-state index in [-0.39, 0.29) is 6.01 Å². The van der Waals surface area contributed by atoms with Crippen molar-refractivity contribution in [1.82, 2.24) is 9.97 Å². The molecule has 0 bridgehead atoms. The third-order valence-corrected chi connectivity index (χ3v) is 2.98. The van der Waals surface area contributed by atoms with E-state index in [2.05, 4.69) is 16.9 Å². The van der Waals surface area contributed by atoms with E-state index in [4.69, 9.17) is 21.1 Å². The zero-order chi connectivity index (χ0) is 13.7. The van der Waals surface area contributed by atoms with Crippen molar-refractivity contribution in [3.05, 3.63) is 41.7 Å². The molecule has 0 atom stereocenters. The van der Waals surface area contributed by atoms with E-state index >= 15 is 0 Å². The van der Waals surface area contributed by atoms with Gasteiger partial charge in [0.15, 0.2) is 11.5 Å². The second-order valence-corrected chi connectivity index (χ2v) is 4.22. The summed E-state index contributed by atoms with van der Waals surface area (Å²) in [5.74, 6) is 1.65. The Morgan fingerprint density at radius 2 is 1.84 bits per heavy atom. The summed E-state index contributed by atoms with van der Waals surface area (Å²) in [5, 5.41) is 0. The van der Waals surface area contributed by atoms with Crippen LogP contribution < -0.4 is 9.47 Å². The number of alkyl halides is 1. The molecule has 0 aliphatic heterocycles. The van der Waals surface area contributed by atoms with Crippen molar-refractivity contribution in [2.75, 3.05) is 7.11 Å². The number of aryl methyl sites for hydroxylation is 1. The number of ether oxygens (including phenoxy) is 2. The highest BCUT2D eigenvalue weighted by Gasteiger charge is 2.08. The number of rotatable bonds is 5. The molecule has 4 nitrogen and oxygen atoms in total. The molecule has 0 saturated heterocycles. The number of hydrogen-bond acceptors (Lipinski definition) is 4. The molecule has 0 aliphatic rings. The molecule has 0 saturated carbocycles. The molecule has 2 rings (SSSR count). The fraction of sp³-hybridized carbons (Fsp3) is 0.286. The predicted octanol–water partition coefficient (Wildman–Crippen LogP) is 3.58. The van der Waals surface area contributed by atoms with Gasteiger partial charge in [-0.2, -0.15) is 0 Å². The fourth-order valence-corrected chi connectivity index (χ4v) is 1.72. The summed E-state index contributed by atoms with van der Waals surface area (Å²) in [4.78, 5) is 8.18. The molecule has 0 spiro atoms. The standard InChI is InChI=1S/C14H15ClN2O2/c1-3-10-4-5-12(13(6-10)18-2)19-14-16-8-11(7-15)9-17-14/h4-6,8-9H,3,7H2,1-2H3. The molecular weight excluding hydrogens is 264 g/mol. The summed E-state index contributed by atoms with van der Waals surface area (Å²) in [7, 11) is 1.61. The molecule has 100 valence electrons. The highest BCUT2D eigenvalue weighted by atomic mass is 35.5. The normalized spacial score (nSPS) is 10.3. The Kier molecular flexibility index (Phi) is 4.58. The van der Waals surface area contributed by atoms with Crippen molar-refractivity contribution in [2.45, 2.75) is 19.2 Å². The van der Waals surface area contributed by atoms with Gasteiger partial charge in [-0.1, -0.05) is 13.0 Å². The SMILES string of the molecule is CCc1ccc(Oc2ncc(CCl)cn2)c(OC)c1. The largest absolute Gasteiger partial charge is 0.493 e. The zero-order valence-electron chi connectivity index (χ0n) is 10.9. The molecular formula is C14H15ClN2O2. The molecule has 0 N–H and O–H groups in total. The highest BCUT2D eigenvalue weighted by Crippen LogP contribution is 2.31. The number of nitrogens with zero attached hydrogens (tertiary/aromatic N) is 2. The van der Waals surface area contributed by atoms with Gasteiger partial charge < -0.3 is 9.47 Å². The lowest BCUT2D eigenvalue weighted by molar-refractivity contribution is 0.367. The molecule has 5 heteroatoms. The summed E-state index contributed by atoms with van der Waals surface area (Å²) < 4.78 is 10.9. The first-order chi connectivity index (χ1) is 9.26. The van der Waals surface area contributed by atoms with Crippen molar-refractivity contribution in [3.8, 4) is 17.5 Å². The van der Waals surface area contributed by atoms with Crippen LogP contribution in [0.25, 0.3) is 0 Å². The van der Waals surface area contributed by atoms with Crippen LogP contribution in [0.1, 0.15) is 18.1 Å². The monoisotopic (exact) mass is 278 g/mol. The van der Waals surface area contributed by atoms with Gasteiger partial charge in [-0.25, -0.2) is 9.97 Å². The summed E-state index contributed by atoms with van der Waals surface area (Å²) in [6.07, 6.45) is 4.22. The van der Waals surface area contributed by atoms with Crippen LogP contribution in [0.2, 0.25) is 0 Å². The van der Waals surface area contributed by atoms with E-state index in [1.165, 1.54) is 5.56 Å². The fourth-order valence-electron chi connectivity index (χ4n) is 1.58. The Balaban J connectivity index is 2.21. The smallest absolute Gasteiger partial charge is 0.322 e. The summed E-state index contributed by atoms with van der Waals surface area (Å²) in [6, 6.07) is 6.07. The summed E-state index contributed by atoms with van der Waals surface area (Å²) in [5.41, 5.74) is 2.03. The topological polar surface area (TPSA) is 44.2 Å². The maximum absolute atomic E-state index is 5.68. The molecule has 1 aromatic heterocycles. The maximum Gasteiger partial charge on any atom is 0.322 e. The molecule has 0 radical (unpaired) electrons. The molecule has 1 heterocycles. The quantitative estimate of drug-likeness (QED) is 0.784. The van der Waals surface area contributed by atoms with Crippen molar-refractivity contribution in [2.24, 2.45) is 0 Å². The lowest BCUT2D eigenvalue weighted by atomic mass is 10.1. The van der Waals surface area contributed by atoms with E-state index in [9.17, 15) is 0 Å². The highest BCUT2D eigenvalue weighted by molar-refractivity contribution is 6.17. The average Bonchev–Trinajstić information content (AvgIpc) is 2.48. The van der Waals surface area contributed by atoms with Gasteiger partial charge in [0.1, 0.15) is 0 Å². The minimum atomic E-state index is 0.274. The van der Waals surface area contributed by atoms with Crippen molar-refractivity contribution in [1.29, 1.82) is 0 Å². The second-order valence-electron chi connectivity index (χ2n) is 3.95. The number of benzene rings is 1. The third-order valence-electron chi connectivity index (χ3n) is 2.67. The van der Waals surface area contributed by atoms with Crippen LogP contribution in [0.3, 0.4) is 0 Å². The third kappa shape index (κ3) is 3.35. The Morgan fingerprint density at radius 1 is 1.11 bits per heavy atom. The predicted molar refractivity (Wildman–Crippen MR) is 74.0 cm³/mol. The van der Waals surface area contributed by atoms with Gasteiger partial charge in [0, 0.05) is 18.0 Å². The van der Waals surface area contributed by atoms with Crippen LogP contribution in [0.4, 0.5) is 0 Å². The van der Waals surface area contributed by atoms with Gasteiger partial charge in [-0.3, -0.25) is 0 Å². The van der Waals surface area contributed by atoms with Crippen LogP contribution in [0.5, 0.6) is 17.5 Å². The Hall–Kier alpha value is -1.81. The molecule has 19 heavy (non-hydrogen) atoms. The van der Waals surface area contributed by atoms with E-state index in [1.807, 2.05) is 18.2 Å². The summed E-state index contributed by atoms with van der Waals surface area (Å²) >= 11 is 5.68. The van der Waals surface area contributed by atoms with E-state index in [0.29, 0.717) is 17.4 Å². The number of aromatic nitrogens is 2. The van der Waals surface area contributed by atoms with Gasteiger partial charge >= 0.3 is 6.01 Å². The average molecular weight is 279 g/mol. The zero-order valence-corrected chi connectivity index (χ0v) is 11.6. The van der Waals surface area contributed by atoms with Gasteiger partial charge in [-0.05, 0) is 24.1 Å². The number of hydrogen-bond donors (Lipinski definition) is 0. The second kappa shape index (κ2) is 6.38. The minimum Gasteiger partial charge on any atom is -0.493 e. The maximum atomic E-state index is 5.68. The Labute approximate surface area is 117 Å². The molecule has 1 aromatic carbocycles. The van der Waals surface area contributed by atoms with Crippen LogP contribution in [-0.2, 0) is 12.3 Å². The van der Waals surface area contributed by atoms with Crippen LogP contribution >= 0.6 is 11.6 Å². The minimum absolute atomic E-state index is 0.274. The molecule has 0 fully saturated rings. The molecule has 0 aliphatic carbocycles. The van der Waals surface area contributed by atoms with Gasteiger partial charge in [0.25, 0.3) is 0 Å². The van der Waals surface area contributed by atoms with Gasteiger partial charge in [-0.15, -0.1) is 11.6 Å². The van der Waals surface area contributed by atoms with E-state index in [0.717, 1.165) is 12.0 Å². The molecule has 0 unspecified atom stereocenters. The van der Waals surface area contributed by atoms with Gasteiger partial charge in [0.05, 0.1) is 13.0 Å². The number of halogens is 1. The van der Waals surface area contributed by atoms with Crippen molar-refractivity contribution >= 4 is 11.6 Å². The Morgan fingerprint density at radius 3 is 2.42 bits per heavy atom. The first kappa shape index (κ1) is 13.6. The first-order valence-corrected chi connectivity index (χ1v) is 6.52. The van der Waals surface area contributed by atoms with Crippen molar-refractivity contribution < 1.29 is 9.47 Å². The van der Waals surface area contributed by atoms with Crippen LogP contribution in [0, 0.1) is 0 Å². The van der Waals surface area contributed by atoms with E-state index < -0.39 is 0 Å². The summed E-state index contributed by atoms with van der Waals surface area (Å²) in [6.45, 7) is 2.09. The first-order valence-electron chi connectivity index (χ1n) is 5.98. The number of methoxy groups -OCH3 is 1. The van der Waals surface area contributed by atoms with Crippen LogP contribution in [-0.4, -0.2) is 17.1 Å². The van der Waals surface area contributed by atoms with E-state index in [1.54, 1.807) is 19.5 Å². The van der Waals surface area contributed by atoms with Crippen LogP contribution in [0.15, 0.2) is 30.6 Å². The molecule has 0 amide bonds. The van der Waals surface area contributed by atoms with Crippen molar-refractivity contribution in [3.63, 3.8) is 0 Å². The van der Waals surface area contributed by atoms with Gasteiger partial charge in [0.2, 0.25) is 0 Å². The molecule has 2 aromatic rings.